The Hall–Kier alpha value is -2.07. The van der Waals surface area contributed by atoms with Crippen LogP contribution in [-0.2, 0) is 6.42 Å². The van der Waals surface area contributed by atoms with Gasteiger partial charge in [-0.25, -0.2) is 0 Å². The Morgan fingerprint density at radius 3 is 2.33 bits per heavy atom. The lowest BCUT2D eigenvalue weighted by Gasteiger charge is -2.09. The quantitative estimate of drug-likeness (QED) is 0.684. The first-order valence-electron chi connectivity index (χ1n) is 6.87. The first-order chi connectivity index (χ1) is 10.3. The number of hydrogen-bond donors (Lipinski definition) is 0. The van der Waals surface area contributed by atoms with Crippen molar-refractivity contribution < 1.29 is 0 Å². The van der Waals surface area contributed by atoms with Gasteiger partial charge in [0.25, 0.3) is 0 Å². The Kier molecular flexibility index (Phi) is 4.06. The van der Waals surface area contributed by atoms with E-state index in [0.29, 0.717) is 0 Å². The predicted octanol–water partition coefficient (Wildman–Crippen LogP) is 3.89. The third-order valence-electron chi connectivity index (χ3n) is 3.38. The molecule has 0 amide bonds. The van der Waals surface area contributed by atoms with E-state index in [9.17, 15) is 0 Å². The van der Waals surface area contributed by atoms with Crippen molar-refractivity contribution in [3.05, 3.63) is 71.5 Å². The van der Waals surface area contributed by atoms with Gasteiger partial charge in [0.15, 0.2) is 5.16 Å². The highest BCUT2D eigenvalue weighted by Crippen LogP contribution is 2.22. The molecule has 2 aromatic carbocycles. The summed E-state index contributed by atoms with van der Waals surface area (Å²) >= 11 is 1.62. The maximum atomic E-state index is 4.37. The number of nitrogens with zero attached hydrogens (tertiary/aromatic N) is 3. The molecular formula is C17H17N3S. The number of hydrogen-bond acceptors (Lipinski definition) is 3. The largest absolute Gasteiger partial charge is 0.274 e. The van der Waals surface area contributed by atoms with Crippen LogP contribution in [0.3, 0.4) is 0 Å². The summed E-state index contributed by atoms with van der Waals surface area (Å²) in [5.41, 5.74) is 3.61. The molecule has 4 heteroatoms. The van der Waals surface area contributed by atoms with Gasteiger partial charge in [0.2, 0.25) is 0 Å². The lowest BCUT2D eigenvalue weighted by Crippen LogP contribution is -2.03. The molecule has 1 aromatic heterocycles. The van der Waals surface area contributed by atoms with Gasteiger partial charge < -0.3 is 0 Å². The van der Waals surface area contributed by atoms with Crippen molar-refractivity contribution in [2.75, 3.05) is 6.26 Å². The number of thioether (sulfide) groups is 1. The normalized spacial score (nSPS) is 10.8. The van der Waals surface area contributed by atoms with E-state index in [1.165, 1.54) is 11.1 Å². The molecule has 3 nitrogen and oxygen atoms in total. The lowest BCUT2D eigenvalue weighted by molar-refractivity contribution is 0.849. The lowest BCUT2D eigenvalue weighted by atomic mass is 10.1. The van der Waals surface area contributed by atoms with Crippen molar-refractivity contribution in [3.63, 3.8) is 0 Å². The third kappa shape index (κ3) is 3.00. The second kappa shape index (κ2) is 6.14. The van der Waals surface area contributed by atoms with Gasteiger partial charge in [-0.1, -0.05) is 59.8 Å². The fourth-order valence-electron chi connectivity index (χ4n) is 2.28. The maximum absolute atomic E-state index is 4.37. The molecule has 0 aliphatic carbocycles. The minimum absolute atomic E-state index is 0.780. The van der Waals surface area contributed by atoms with Gasteiger partial charge in [-0.3, -0.25) is 4.57 Å². The molecule has 0 aliphatic heterocycles. The van der Waals surface area contributed by atoms with Gasteiger partial charge >= 0.3 is 0 Å². The van der Waals surface area contributed by atoms with Crippen molar-refractivity contribution in [3.8, 4) is 5.69 Å². The predicted molar refractivity (Wildman–Crippen MR) is 87.1 cm³/mol. The summed E-state index contributed by atoms with van der Waals surface area (Å²) in [5, 5.41) is 9.60. The second-order valence-corrected chi connectivity index (χ2v) is 5.71. The molecule has 0 bridgehead atoms. The van der Waals surface area contributed by atoms with Crippen LogP contribution in [0.4, 0.5) is 0 Å². The van der Waals surface area contributed by atoms with E-state index in [4.69, 9.17) is 0 Å². The molecule has 0 spiro atoms. The van der Waals surface area contributed by atoms with Gasteiger partial charge in [-0.05, 0) is 30.9 Å². The summed E-state index contributed by atoms with van der Waals surface area (Å²) < 4.78 is 2.14. The Morgan fingerprint density at radius 1 is 0.952 bits per heavy atom. The topological polar surface area (TPSA) is 30.7 Å². The third-order valence-corrected chi connectivity index (χ3v) is 4.01. The van der Waals surface area contributed by atoms with E-state index >= 15 is 0 Å². The summed E-state index contributed by atoms with van der Waals surface area (Å²) in [4.78, 5) is 0. The van der Waals surface area contributed by atoms with Gasteiger partial charge in [0.05, 0.1) is 0 Å². The van der Waals surface area contributed by atoms with Gasteiger partial charge in [0.1, 0.15) is 5.82 Å². The molecule has 0 atom stereocenters. The summed E-state index contributed by atoms with van der Waals surface area (Å²) in [7, 11) is 0. The molecule has 1 heterocycles. The van der Waals surface area contributed by atoms with Crippen molar-refractivity contribution in [2.24, 2.45) is 0 Å². The molecule has 0 unspecified atom stereocenters. The van der Waals surface area contributed by atoms with Crippen LogP contribution in [0.5, 0.6) is 0 Å². The standard InChI is InChI=1S/C17H17N3S/c1-13-8-10-15(11-9-13)20-16(18-19-17(20)21-2)12-14-6-4-3-5-7-14/h3-11H,12H2,1-2H3. The molecule has 0 fully saturated rings. The van der Waals surface area contributed by atoms with Crippen LogP contribution < -0.4 is 0 Å². The van der Waals surface area contributed by atoms with E-state index in [-0.39, 0.29) is 0 Å². The molecule has 0 radical (unpaired) electrons. The number of aryl methyl sites for hydroxylation is 1. The minimum Gasteiger partial charge on any atom is -0.274 e. The van der Waals surface area contributed by atoms with Crippen LogP contribution in [0.1, 0.15) is 17.0 Å². The summed E-state index contributed by atoms with van der Waals surface area (Å²) in [5.74, 6) is 0.967. The first kappa shape index (κ1) is 13.9. The van der Waals surface area contributed by atoms with E-state index in [1.807, 2.05) is 12.3 Å². The van der Waals surface area contributed by atoms with Crippen LogP contribution in [0, 0.1) is 6.92 Å². The van der Waals surface area contributed by atoms with Gasteiger partial charge in [0, 0.05) is 12.1 Å². The fraction of sp³-hybridized carbons (Fsp3) is 0.176. The zero-order valence-electron chi connectivity index (χ0n) is 12.2. The molecule has 106 valence electrons. The van der Waals surface area contributed by atoms with Crippen molar-refractivity contribution >= 4 is 11.8 Å². The zero-order valence-corrected chi connectivity index (χ0v) is 13.0. The van der Waals surface area contributed by atoms with Crippen LogP contribution in [0.15, 0.2) is 59.8 Å². The number of benzene rings is 2. The van der Waals surface area contributed by atoms with E-state index in [1.54, 1.807) is 11.8 Å². The molecule has 0 aliphatic rings. The molecule has 3 aromatic rings. The van der Waals surface area contributed by atoms with E-state index in [0.717, 1.165) is 23.1 Å². The average molecular weight is 295 g/mol. The van der Waals surface area contributed by atoms with Crippen LogP contribution >= 0.6 is 11.8 Å². The van der Waals surface area contributed by atoms with Crippen molar-refractivity contribution in [1.29, 1.82) is 0 Å². The molecule has 3 rings (SSSR count). The van der Waals surface area contributed by atoms with E-state index < -0.39 is 0 Å². The van der Waals surface area contributed by atoms with E-state index in [2.05, 4.69) is 70.2 Å². The number of aromatic nitrogens is 3. The maximum Gasteiger partial charge on any atom is 0.195 e. The smallest absolute Gasteiger partial charge is 0.195 e. The van der Waals surface area contributed by atoms with Crippen LogP contribution in [0.2, 0.25) is 0 Å². The number of rotatable bonds is 4. The molecular weight excluding hydrogens is 278 g/mol. The summed E-state index contributed by atoms with van der Waals surface area (Å²) in [6.45, 7) is 2.09. The Bertz CT molecular complexity index is 718. The highest BCUT2D eigenvalue weighted by atomic mass is 32.2. The fourth-order valence-corrected chi connectivity index (χ4v) is 2.79. The van der Waals surface area contributed by atoms with Gasteiger partial charge in [-0.15, -0.1) is 10.2 Å². The highest BCUT2D eigenvalue weighted by molar-refractivity contribution is 7.98. The molecule has 0 saturated carbocycles. The Labute approximate surface area is 129 Å². The highest BCUT2D eigenvalue weighted by Gasteiger charge is 2.13. The Balaban J connectivity index is 2.02. The molecule has 0 saturated heterocycles. The van der Waals surface area contributed by atoms with Crippen LogP contribution in [-0.4, -0.2) is 21.0 Å². The minimum atomic E-state index is 0.780. The molecule has 21 heavy (non-hydrogen) atoms. The Morgan fingerprint density at radius 2 is 1.67 bits per heavy atom. The van der Waals surface area contributed by atoms with Crippen LogP contribution in [0.25, 0.3) is 5.69 Å². The average Bonchev–Trinajstić information content (AvgIpc) is 2.92. The summed E-state index contributed by atoms with van der Waals surface area (Å²) in [6, 6.07) is 18.8. The zero-order chi connectivity index (χ0) is 14.7. The van der Waals surface area contributed by atoms with Crippen molar-refractivity contribution in [2.45, 2.75) is 18.5 Å². The monoisotopic (exact) mass is 295 g/mol. The van der Waals surface area contributed by atoms with Gasteiger partial charge in [-0.2, -0.15) is 0 Å². The summed E-state index contributed by atoms with van der Waals surface area (Å²) in [6.07, 6.45) is 2.81. The second-order valence-electron chi connectivity index (χ2n) is 4.94. The van der Waals surface area contributed by atoms with Crippen molar-refractivity contribution in [1.82, 2.24) is 14.8 Å². The SMILES string of the molecule is CSc1nnc(Cc2ccccc2)n1-c1ccc(C)cc1. The first-order valence-corrected chi connectivity index (χ1v) is 8.09. The molecule has 0 N–H and O–H groups in total.